The summed E-state index contributed by atoms with van der Waals surface area (Å²) in [7, 11) is 0. The van der Waals surface area contributed by atoms with Crippen LogP contribution in [-0.4, -0.2) is 29.5 Å². The molecule has 0 aromatic rings. The van der Waals surface area contributed by atoms with E-state index >= 15 is 0 Å². The van der Waals surface area contributed by atoms with Crippen molar-refractivity contribution in [1.29, 1.82) is 0 Å². The lowest BCUT2D eigenvalue weighted by molar-refractivity contribution is -0.0982. The molecule has 5 unspecified atom stereocenters. The molecule has 1 heterocycles. The standard InChI is InChI=1S/C21H33NOS/c1-20(2)13-19-21(24,14-23-19)11-10-15-8-9-18(17(20)12-15)22-16-6-4-3-5-7-16/h15-19,22,24H,3-9,12-14H2,1-2H3. The van der Waals surface area contributed by atoms with Crippen molar-refractivity contribution < 1.29 is 4.74 Å². The molecule has 0 aromatic heterocycles. The zero-order valence-corrected chi connectivity index (χ0v) is 16.2. The van der Waals surface area contributed by atoms with Crippen LogP contribution in [0.25, 0.3) is 0 Å². The lowest BCUT2D eigenvalue weighted by Gasteiger charge is -2.50. The molecule has 5 atom stereocenters. The van der Waals surface area contributed by atoms with Crippen molar-refractivity contribution in [3.8, 4) is 11.8 Å². The Balaban J connectivity index is 1.53. The predicted molar refractivity (Wildman–Crippen MR) is 102 cm³/mol. The fourth-order valence-electron chi connectivity index (χ4n) is 5.50. The molecule has 0 amide bonds. The highest BCUT2D eigenvalue weighted by Gasteiger charge is 2.51. The Kier molecular flexibility index (Phi) is 4.69. The normalized spacial score (nSPS) is 44.8. The summed E-state index contributed by atoms with van der Waals surface area (Å²) < 4.78 is 5.71. The van der Waals surface area contributed by atoms with Gasteiger partial charge in [0, 0.05) is 18.0 Å². The van der Waals surface area contributed by atoms with Crippen LogP contribution in [0, 0.1) is 29.1 Å². The number of hydrogen-bond donors (Lipinski definition) is 2. The quantitative estimate of drug-likeness (QED) is 0.577. The highest BCUT2D eigenvalue weighted by atomic mass is 32.1. The first-order valence-corrected chi connectivity index (χ1v) is 10.5. The third-order valence-corrected chi connectivity index (χ3v) is 7.68. The summed E-state index contributed by atoms with van der Waals surface area (Å²) >= 11 is 4.89. The van der Waals surface area contributed by atoms with Gasteiger partial charge in [0.05, 0.1) is 12.7 Å². The Labute approximate surface area is 153 Å². The van der Waals surface area contributed by atoms with Crippen LogP contribution in [0.5, 0.6) is 0 Å². The van der Waals surface area contributed by atoms with Gasteiger partial charge in [-0.05, 0) is 49.9 Å². The van der Waals surface area contributed by atoms with Crippen molar-refractivity contribution in [3.63, 3.8) is 0 Å². The number of nitrogens with one attached hydrogen (secondary N) is 1. The number of thiol groups is 1. The van der Waals surface area contributed by atoms with Gasteiger partial charge in [-0.25, -0.2) is 0 Å². The van der Waals surface area contributed by atoms with Gasteiger partial charge in [0.2, 0.25) is 0 Å². The topological polar surface area (TPSA) is 21.3 Å². The second-order valence-corrected chi connectivity index (χ2v) is 10.2. The molecule has 3 fully saturated rings. The van der Waals surface area contributed by atoms with E-state index in [1.54, 1.807) is 0 Å². The van der Waals surface area contributed by atoms with Gasteiger partial charge < -0.3 is 10.1 Å². The van der Waals surface area contributed by atoms with Crippen molar-refractivity contribution in [2.45, 2.75) is 94.6 Å². The minimum atomic E-state index is -0.193. The average molecular weight is 348 g/mol. The van der Waals surface area contributed by atoms with E-state index in [-0.39, 0.29) is 16.3 Å². The number of hydrogen-bond acceptors (Lipinski definition) is 3. The van der Waals surface area contributed by atoms with Crippen LogP contribution in [0.2, 0.25) is 0 Å². The van der Waals surface area contributed by atoms with Crippen molar-refractivity contribution >= 4 is 12.6 Å². The molecule has 4 aliphatic rings. The molecule has 0 aromatic carbocycles. The van der Waals surface area contributed by atoms with Crippen LogP contribution in [0.3, 0.4) is 0 Å². The molecule has 2 saturated carbocycles. The molecule has 4 rings (SSSR count). The Morgan fingerprint density at radius 1 is 1.08 bits per heavy atom. The Hall–Kier alpha value is -0.170. The summed E-state index contributed by atoms with van der Waals surface area (Å²) in [5, 5.41) is 4.08. The van der Waals surface area contributed by atoms with Crippen LogP contribution >= 0.6 is 12.6 Å². The lowest BCUT2D eigenvalue weighted by Crippen LogP contribution is -2.56. The SMILES string of the molecule is CC1(C)CC2OCC2(S)C#CC2CCC(NC3CCCCC3)C1C2. The maximum Gasteiger partial charge on any atom is 0.123 e. The third-order valence-electron chi connectivity index (χ3n) is 7.15. The van der Waals surface area contributed by atoms with Gasteiger partial charge in [0.15, 0.2) is 0 Å². The average Bonchev–Trinajstić information content (AvgIpc) is 2.59. The lowest BCUT2D eigenvalue weighted by atomic mass is 9.63. The number of rotatable bonds is 2. The smallest absolute Gasteiger partial charge is 0.123 e. The molecular formula is C21H33NOS. The molecule has 1 N–H and O–H groups in total. The summed E-state index contributed by atoms with van der Waals surface area (Å²) in [4.78, 5) is 0. The monoisotopic (exact) mass is 347 g/mol. The van der Waals surface area contributed by atoms with Gasteiger partial charge in [-0.1, -0.05) is 45.0 Å². The molecule has 1 aliphatic heterocycles. The summed E-state index contributed by atoms with van der Waals surface area (Å²) in [5.74, 6) is 8.35. The van der Waals surface area contributed by atoms with E-state index in [2.05, 4.69) is 31.0 Å². The van der Waals surface area contributed by atoms with Crippen LogP contribution in [-0.2, 0) is 4.74 Å². The van der Waals surface area contributed by atoms with E-state index in [0.717, 1.165) is 12.5 Å². The van der Waals surface area contributed by atoms with E-state index in [4.69, 9.17) is 17.4 Å². The molecule has 0 spiro atoms. The Morgan fingerprint density at radius 3 is 2.58 bits per heavy atom. The van der Waals surface area contributed by atoms with E-state index < -0.39 is 0 Å². The number of ether oxygens (including phenoxy) is 1. The summed E-state index contributed by atoms with van der Waals surface area (Å²) in [5.41, 5.74) is 0.276. The number of fused-ring (bicyclic) bond motifs is 3. The van der Waals surface area contributed by atoms with Crippen molar-refractivity contribution in [2.75, 3.05) is 6.61 Å². The summed E-state index contributed by atoms with van der Waals surface area (Å²) in [6.07, 6.45) is 12.1. The first-order valence-electron chi connectivity index (χ1n) is 10.1. The zero-order valence-electron chi connectivity index (χ0n) is 15.3. The fourth-order valence-corrected chi connectivity index (χ4v) is 5.80. The largest absolute Gasteiger partial charge is 0.373 e. The van der Waals surface area contributed by atoms with Crippen LogP contribution < -0.4 is 5.32 Å². The second kappa shape index (κ2) is 6.53. The van der Waals surface area contributed by atoms with Gasteiger partial charge in [-0.15, -0.1) is 0 Å². The Bertz CT molecular complexity index is 530. The molecule has 1 saturated heterocycles. The minimum absolute atomic E-state index is 0.193. The molecule has 134 valence electrons. The summed E-state index contributed by atoms with van der Waals surface area (Å²) in [6, 6.07) is 1.41. The minimum Gasteiger partial charge on any atom is -0.373 e. The van der Waals surface area contributed by atoms with E-state index in [1.165, 1.54) is 51.4 Å². The molecule has 0 radical (unpaired) electrons. The molecule has 2 bridgehead atoms. The van der Waals surface area contributed by atoms with Crippen molar-refractivity contribution in [3.05, 3.63) is 0 Å². The highest BCUT2D eigenvalue weighted by Crippen LogP contribution is 2.48. The summed E-state index contributed by atoms with van der Waals surface area (Å²) in [6.45, 7) is 5.61. The Morgan fingerprint density at radius 2 is 1.88 bits per heavy atom. The van der Waals surface area contributed by atoms with Crippen LogP contribution in [0.1, 0.15) is 71.6 Å². The van der Waals surface area contributed by atoms with Crippen LogP contribution in [0.15, 0.2) is 0 Å². The van der Waals surface area contributed by atoms with Gasteiger partial charge >= 0.3 is 0 Å². The molecule has 24 heavy (non-hydrogen) atoms. The van der Waals surface area contributed by atoms with Gasteiger partial charge in [-0.2, -0.15) is 12.6 Å². The highest BCUT2D eigenvalue weighted by molar-refractivity contribution is 7.82. The zero-order chi connectivity index (χ0) is 16.8. The van der Waals surface area contributed by atoms with Crippen LogP contribution in [0.4, 0.5) is 0 Å². The van der Waals surface area contributed by atoms with E-state index in [0.29, 0.717) is 24.5 Å². The molecular weight excluding hydrogens is 314 g/mol. The first kappa shape index (κ1) is 17.3. The molecule has 3 aliphatic carbocycles. The third kappa shape index (κ3) is 3.27. The van der Waals surface area contributed by atoms with Crippen molar-refractivity contribution in [2.24, 2.45) is 17.3 Å². The van der Waals surface area contributed by atoms with E-state index in [9.17, 15) is 0 Å². The molecule has 3 heteroatoms. The second-order valence-electron chi connectivity index (χ2n) is 9.41. The predicted octanol–water partition coefficient (Wildman–Crippen LogP) is 4.19. The van der Waals surface area contributed by atoms with Gasteiger partial charge in [0.25, 0.3) is 0 Å². The molecule has 2 nitrogen and oxygen atoms in total. The van der Waals surface area contributed by atoms with Crippen molar-refractivity contribution in [1.82, 2.24) is 5.32 Å². The van der Waals surface area contributed by atoms with E-state index in [1.807, 2.05) is 0 Å². The maximum absolute atomic E-state index is 5.90. The van der Waals surface area contributed by atoms with Gasteiger partial charge in [-0.3, -0.25) is 0 Å². The first-order chi connectivity index (χ1) is 11.5. The fraction of sp³-hybridized carbons (Fsp3) is 0.905. The van der Waals surface area contributed by atoms with Gasteiger partial charge in [0.1, 0.15) is 4.75 Å². The maximum atomic E-state index is 5.90.